The van der Waals surface area contributed by atoms with Gasteiger partial charge < -0.3 is 10.0 Å². The van der Waals surface area contributed by atoms with Crippen molar-refractivity contribution in [2.45, 2.75) is 32.8 Å². The van der Waals surface area contributed by atoms with Gasteiger partial charge in [-0.1, -0.05) is 50.2 Å². The number of hydrogen-bond acceptors (Lipinski definition) is 2. The molecule has 2 heteroatoms. The summed E-state index contributed by atoms with van der Waals surface area (Å²) in [4.78, 5) is 2.02. The van der Waals surface area contributed by atoms with Crippen molar-refractivity contribution in [2.24, 2.45) is 0 Å². The number of aryl methyl sites for hydroxylation is 1. The third-order valence-corrected chi connectivity index (χ3v) is 4.79. The van der Waals surface area contributed by atoms with Crippen LogP contribution in [-0.2, 0) is 0 Å². The minimum atomic E-state index is -0.465. The van der Waals surface area contributed by atoms with Gasteiger partial charge in [-0.15, -0.1) is 0 Å². The van der Waals surface area contributed by atoms with Crippen LogP contribution in [0.2, 0.25) is 0 Å². The van der Waals surface area contributed by atoms with Crippen molar-refractivity contribution >= 4 is 21.5 Å². The van der Waals surface area contributed by atoms with E-state index in [1.807, 2.05) is 19.0 Å². The maximum Gasteiger partial charge on any atom is 0.0916 e. The lowest BCUT2D eigenvalue weighted by atomic mass is 9.92. The fraction of sp³-hybridized carbons (Fsp3) is 0.364. The zero-order valence-corrected chi connectivity index (χ0v) is 15.3. The molecule has 0 bridgehead atoms. The van der Waals surface area contributed by atoms with Gasteiger partial charge in [0.25, 0.3) is 0 Å². The average molecular weight is 321 g/mol. The standard InChI is InChI=1S/C22H27NO/c1-14(2)16-6-9-20-17(11-16)7-8-19-15(3)10-18(12-21(19)20)22(24)13-23(4)5/h6-12,14,22,24H,13H2,1-5H3/t22-/m0/s1. The highest BCUT2D eigenvalue weighted by Gasteiger charge is 2.13. The topological polar surface area (TPSA) is 23.5 Å². The van der Waals surface area contributed by atoms with E-state index in [4.69, 9.17) is 0 Å². The van der Waals surface area contributed by atoms with Crippen LogP contribution in [0.5, 0.6) is 0 Å². The molecule has 0 aliphatic rings. The van der Waals surface area contributed by atoms with E-state index >= 15 is 0 Å². The smallest absolute Gasteiger partial charge is 0.0916 e. The second kappa shape index (κ2) is 6.54. The molecule has 3 aromatic rings. The van der Waals surface area contributed by atoms with Crippen molar-refractivity contribution in [1.82, 2.24) is 4.90 Å². The largest absolute Gasteiger partial charge is 0.387 e. The Morgan fingerprint density at radius 1 is 0.875 bits per heavy atom. The Morgan fingerprint density at radius 3 is 2.25 bits per heavy atom. The minimum absolute atomic E-state index is 0.465. The Balaban J connectivity index is 2.21. The van der Waals surface area contributed by atoms with E-state index in [0.29, 0.717) is 12.5 Å². The molecule has 1 atom stereocenters. The van der Waals surface area contributed by atoms with Gasteiger partial charge in [0.15, 0.2) is 0 Å². The van der Waals surface area contributed by atoms with E-state index in [2.05, 4.69) is 63.2 Å². The predicted molar refractivity (Wildman–Crippen MR) is 104 cm³/mol. The van der Waals surface area contributed by atoms with Crippen LogP contribution in [0.15, 0.2) is 42.5 Å². The van der Waals surface area contributed by atoms with Gasteiger partial charge in [-0.2, -0.15) is 0 Å². The third-order valence-electron chi connectivity index (χ3n) is 4.79. The zero-order chi connectivity index (χ0) is 17.4. The van der Waals surface area contributed by atoms with Crippen LogP contribution in [0.1, 0.15) is 42.6 Å². The molecule has 0 aliphatic heterocycles. The summed E-state index contributed by atoms with van der Waals surface area (Å²) in [6, 6.07) is 15.4. The highest BCUT2D eigenvalue weighted by Crippen LogP contribution is 2.32. The summed E-state index contributed by atoms with van der Waals surface area (Å²) in [6.45, 7) is 7.21. The fourth-order valence-corrected chi connectivity index (χ4v) is 3.41. The molecule has 0 saturated heterocycles. The van der Waals surface area contributed by atoms with Gasteiger partial charge in [0.2, 0.25) is 0 Å². The molecule has 0 unspecified atom stereocenters. The third kappa shape index (κ3) is 3.17. The lowest BCUT2D eigenvalue weighted by molar-refractivity contribution is 0.138. The Labute approximate surface area is 144 Å². The SMILES string of the molecule is Cc1cc([C@@H](O)CN(C)C)cc2c1ccc1cc(C(C)C)ccc12. The molecule has 0 fully saturated rings. The number of aliphatic hydroxyl groups excluding tert-OH is 1. The van der Waals surface area contributed by atoms with Crippen LogP contribution in [0.4, 0.5) is 0 Å². The first kappa shape index (κ1) is 16.9. The number of rotatable bonds is 4. The number of aliphatic hydroxyl groups is 1. The number of fused-ring (bicyclic) bond motifs is 3. The summed E-state index contributed by atoms with van der Waals surface area (Å²) in [5.41, 5.74) is 3.58. The highest BCUT2D eigenvalue weighted by atomic mass is 16.3. The molecule has 3 rings (SSSR count). The van der Waals surface area contributed by atoms with E-state index < -0.39 is 6.10 Å². The molecule has 0 heterocycles. The van der Waals surface area contributed by atoms with E-state index in [0.717, 1.165) is 5.56 Å². The summed E-state index contributed by atoms with van der Waals surface area (Å²) >= 11 is 0. The molecule has 0 amide bonds. The normalized spacial score (nSPS) is 13.3. The quantitative estimate of drug-likeness (QED) is 0.682. The lowest BCUT2D eigenvalue weighted by Crippen LogP contribution is -2.20. The van der Waals surface area contributed by atoms with Crippen molar-refractivity contribution in [3.63, 3.8) is 0 Å². The van der Waals surface area contributed by atoms with Crippen molar-refractivity contribution in [2.75, 3.05) is 20.6 Å². The van der Waals surface area contributed by atoms with Crippen LogP contribution in [0.25, 0.3) is 21.5 Å². The van der Waals surface area contributed by atoms with Gasteiger partial charge in [-0.3, -0.25) is 0 Å². The van der Waals surface area contributed by atoms with Crippen LogP contribution in [0, 0.1) is 6.92 Å². The van der Waals surface area contributed by atoms with Crippen LogP contribution in [-0.4, -0.2) is 30.6 Å². The monoisotopic (exact) mass is 321 g/mol. The van der Waals surface area contributed by atoms with Gasteiger partial charge in [0.05, 0.1) is 6.10 Å². The van der Waals surface area contributed by atoms with Gasteiger partial charge in [-0.05, 0) is 71.2 Å². The molecule has 3 aromatic carbocycles. The minimum Gasteiger partial charge on any atom is -0.387 e. The van der Waals surface area contributed by atoms with Crippen molar-refractivity contribution in [3.8, 4) is 0 Å². The molecule has 0 aromatic heterocycles. The Morgan fingerprint density at radius 2 is 1.58 bits per heavy atom. The fourth-order valence-electron chi connectivity index (χ4n) is 3.41. The summed E-state index contributed by atoms with van der Waals surface area (Å²) in [5.74, 6) is 0.528. The molecule has 0 aliphatic carbocycles. The van der Waals surface area contributed by atoms with Crippen molar-refractivity contribution < 1.29 is 5.11 Å². The Hall–Kier alpha value is -1.90. The van der Waals surface area contributed by atoms with E-state index in [-0.39, 0.29) is 0 Å². The van der Waals surface area contributed by atoms with Gasteiger partial charge in [0, 0.05) is 6.54 Å². The number of hydrogen-bond donors (Lipinski definition) is 1. The maximum absolute atomic E-state index is 10.5. The molecule has 0 saturated carbocycles. The van der Waals surface area contributed by atoms with Crippen LogP contribution >= 0.6 is 0 Å². The zero-order valence-electron chi connectivity index (χ0n) is 15.3. The van der Waals surface area contributed by atoms with Crippen LogP contribution in [0.3, 0.4) is 0 Å². The van der Waals surface area contributed by atoms with E-state index in [9.17, 15) is 5.11 Å². The maximum atomic E-state index is 10.5. The van der Waals surface area contributed by atoms with Crippen molar-refractivity contribution in [1.29, 1.82) is 0 Å². The Kier molecular flexibility index (Phi) is 4.62. The predicted octanol–water partition coefficient (Wildman–Crippen LogP) is 5.02. The second-order valence-corrected chi connectivity index (χ2v) is 7.41. The molecular formula is C22H27NO. The molecule has 24 heavy (non-hydrogen) atoms. The summed E-state index contributed by atoms with van der Waals surface area (Å²) in [5, 5.41) is 15.6. The van der Waals surface area contributed by atoms with Crippen molar-refractivity contribution in [3.05, 3.63) is 59.2 Å². The number of benzene rings is 3. The Bertz CT molecular complexity index is 880. The first-order chi connectivity index (χ1) is 11.4. The second-order valence-electron chi connectivity index (χ2n) is 7.41. The molecule has 0 radical (unpaired) electrons. The lowest BCUT2D eigenvalue weighted by Gasteiger charge is -2.18. The number of likely N-dealkylation sites (N-methyl/N-ethyl adjacent to an activating group) is 1. The summed E-state index contributed by atoms with van der Waals surface area (Å²) in [6.07, 6.45) is -0.465. The average Bonchev–Trinajstić information content (AvgIpc) is 2.53. The van der Waals surface area contributed by atoms with E-state index in [1.54, 1.807) is 0 Å². The van der Waals surface area contributed by atoms with Crippen LogP contribution < -0.4 is 0 Å². The van der Waals surface area contributed by atoms with Gasteiger partial charge in [0.1, 0.15) is 0 Å². The number of nitrogens with zero attached hydrogens (tertiary/aromatic N) is 1. The molecule has 0 spiro atoms. The molecular weight excluding hydrogens is 294 g/mol. The van der Waals surface area contributed by atoms with E-state index in [1.165, 1.54) is 32.7 Å². The summed E-state index contributed by atoms with van der Waals surface area (Å²) < 4.78 is 0. The first-order valence-electron chi connectivity index (χ1n) is 8.66. The van der Waals surface area contributed by atoms with Gasteiger partial charge >= 0.3 is 0 Å². The molecule has 1 N–H and O–H groups in total. The van der Waals surface area contributed by atoms with Gasteiger partial charge in [-0.25, -0.2) is 0 Å². The first-order valence-corrected chi connectivity index (χ1v) is 8.66. The highest BCUT2D eigenvalue weighted by molar-refractivity contribution is 6.08. The molecule has 2 nitrogen and oxygen atoms in total. The summed E-state index contributed by atoms with van der Waals surface area (Å²) in [7, 11) is 3.97. The molecule has 126 valence electrons.